The Morgan fingerprint density at radius 2 is 1.67 bits per heavy atom. The minimum absolute atomic E-state index is 0.733. The van der Waals surface area contributed by atoms with Crippen molar-refractivity contribution in [2.75, 3.05) is 19.6 Å². The van der Waals surface area contributed by atoms with Gasteiger partial charge in [0.25, 0.3) is 0 Å². The fraction of sp³-hybridized carbons (Fsp3) is 0.923. The summed E-state index contributed by atoms with van der Waals surface area (Å²) in [6.07, 6.45) is 9.46. The molecule has 0 N–H and O–H groups in total. The number of hydrogen-bond acceptors (Lipinski definition) is 2. The lowest BCUT2D eigenvalue weighted by Crippen LogP contribution is -2.19. The zero-order valence-electron chi connectivity index (χ0n) is 10.5. The Morgan fingerprint density at radius 1 is 1.07 bits per heavy atom. The summed E-state index contributed by atoms with van der Waals surface area (Å²) >= 11 is 0. The highest BCUT2D eigenvalue weighted by Crippen LogP contribution is 2.07. The van der Waals surface area contributed by atoms with E-state index in [9.17, 15) is 4.79 Å². The van der Waals surface area contributed by atoms with Gasteiger partial charge in [-0.1, -0.05) is 26.7 Å². The molecule has 1 fully saturated rings. The topological polar surface area (TPSA) is 20.3 Å². The third kappa shape index (κ3) is 9.92. The molecule has 1 heterocycles. The van der Waals surface area contributed by atoms with Gasteiger partial charge in [-0.25, -0.2) is 0 Å². The van der Waals surface area contributed by atoms with Crippen LogP contribution in [0.1, 0.15) is 58.8 Å². The molecule has 15 heavy (non-hydrogen) atoms. The van der Waals surface area contributed by atoms with Crippen LogP contribution >= 0.6 is 0 Å². The Morgan fingerprint density at radius 3 is 2.07 bits per heavy atom. The van der Waals surface area contributed by atoms with Gasteiger partial charge in [-0.2, -0.15) is 0 Å². The van der Waals surface area contributed by atoms with E-state index in [1.165, 1.54) is 45.3 Å². The van der Waals surface area contributed by atoms with Crippen LogP contribution in [0.15, 0.2) is 0 Å². The first-order chi connectivity index (χ1) is 7.35. The maximum Gasteiger partial charge on any atom is 0.119 e. The fourth-order valence-corrected chi connectivity index (χ4v) is 1.68. The first-order valence-electron chi connectivity index (χ1n) is 6.51. The molecule has 1 aliphatic heterocycles. The van der Waals surface area contributed by atoms with Crippen LogP contribution in [0, 0.1) is 0 Å². The van der Waals surface area contributed by atoms with Gasteiger partial charge < -0.3 is 9.69 Å². The Balaban J connectivity index is 0.000000288. The minimum Gasteiger partial charge on any atom is -0.303 e. The Kier molecular flexibility index (Phi) is 11.4. The number of likely N-dealkylation sites (tertiary alicyclic amines) is 1. The van der Waals surface area contributed by atoms with Crippen molar-refractivity contribution in [2.24, 2.45) is 0 Å². The molecule has 0 saturated carbocycles. The zero-order chi connectivity index (χ0) is 11.4. The summed E-state index contributed by atoms with van der Waals surface area (Å²) in [6, 6.07) is 0. The number of carbonyl (C=O) groups is 1. The molecule has 0 aliphatic carbocycles. The number of carbonyl (C=O) groups excluding carboxylic acids is 1. The molecule has 0 unspecified atom stereocenters. The molecule has 0 aromatic rings. The lowest BCUT2D eigenvalue weighted by molar-refractivity contribution is -0.107. The third-order valence-electron chi connectivity index (χ3n) is 2.70. The van der Waals surface area contributed by atoms with E-state index in [0.29, 0.717) is 0 Å². The lowest BCUT2D eigenvalue weighted by atomic mass is 10.3. The highest BCUT2D eigenvalue weighted by atomic mass is 16.1. The molecular weight excluding hydrogens is 186 g/mol. The normalized spacial score (nSPS) is 15.9. The van der Waals surface area contributed by atoms with E-state index in [1.54, 1.807) is 0 Å². The predicted octanol–water partition coefficient (Wildman–Crippen LogP) is 3.26. The third-order valence-corrected chi connectivity index (χ3v) is 2.70. The Hall–Kier alpha value is -0.370. The summed E-state index contributed by atoms with van der Waals surface area (Å²) in [6.45, 7) is 8.40. The second kappa shape index (κ2) is 11.7. The molecule has 0 aromatic heterocycles. The average Bonchev–Trinajstić information content (AvgIpc) is 2.77. The molecule has 0 atom stereocenters. The fourth-order valence-electron chi connectivity index (χ4n) is 1.68. The number of hydrogen-bond donors (Lipinski definition) is 0. The molecule has 90 valence electrons. The van der Waals surface area contributed by atoms with Gasteiger partial charge in [0.2, 0.25) is 0 Å². The molecule has 2 heteroatoms. The van der Waals surface area contributed by atoms with Gasteiger partial charge in [0.05, 0.1) is 0 Å². The van der Waals surface area contributed by atoms with Gasteiger partial charge in [0.1, 0.15) is 6.29 Å². The van der Waals surface area contributed by atoms with E-state index < -0.39 is 0 Å². The smallest absolute Gasteiger partial charge is 0.119 e. The molecular formula is C13H27NO. The van der Waals surface area contributed by atoms with Crippen LogP contribution in [-0.4, -0.2) is 30.8 Å². The van der Waals surface area contributed by atoms with Crippen LogP contribution < -0.4 is 0 Å². The monoisotopic (exact) mass is 213 g/mol. The van der Waals surface area contributed by atoms with Crippen molar-refractivity contribution in [3.63, 3.8) is 0 Å². The van der Waals surface area contributed by atoms with Crippen molar-refractivity contribution < 1.29 is 4.79 Å². The van der Waals surface area contributed by atoms with Crippen molar-refractivity contribution in [3.05, 3.63) is 0 Å². The van der Waals surface area contributed by atoms with Crippen molar-refractivity contribution in [1.82, 2.24) is 4.90 Å². The largest absolute Gasteiger partial charge is 0.303 e. The van der Waals surface area contributed by atoms with Crippen molar-refractivity contribution in [2.45, 2.75) is 58.8 Å². The van der Waals surface area contributed by atoms with Crippen LogP contribution in [-0.2, 0) is 4.79 Å². The molecule has 0 bridgehead atoms. The second-order valence-corrected chi connectivity index (χ2v) is 4.21. The van der Waals surface area contributed by atoms with E-state index in [-0.39, 0.29) is 0 Å². The van der Waals surface area contributed by atoms with Crippen molar-refractivity contribution >= 4 is 6.29 Å². The molecule has 0 radical (unpaired) electrons. The number of nitrogens with zero attached hydrogens (tertiary/aromatic N) is 1. The van der Waals surface area contributed by atoms with E-state index in [0.717, 1.165) is 25.5 Å². The average molecular weight is 213 g/mol. The highest BCUT2D eigenvalue weighted by molar-refractivity contribution is 5.48. The number of rotatable bonds is 6. The standard InChI is InChI=1S/C8H17N.C5H10O/c1-2-3-6-9-7-4-5-8-9;1-2-3-4-5-6/h2-8H2,1H3;5H,2-4H2,1H3. The lowest BCUT2D eigenvalue weighted by Gasteiger charge is -2.12. The highest BCUT2D eigenvalue weighted by Gasteiger charge is 2.08. The van der Waals surface area contributed by atoms with Crippen LogP contribution in [0.3, 0.4) is 0 Å². The van der Waals surface area contributed by atoms with Gasteiger partial charge in [-0.15, -0.1) is 0 Å². The van der Waals surface area contributed by atoms with E-state index in [1.807, 2.05) is 0 Å². The molecule has 1 aliphatic rings. The first-order valence-corrected chi connectivity index (χ1v) is 6.51. The maximum absolute atomic E-state index is 9.56. The molecule has 1 saturated heterocycles. The SMILES string of the molecule is CCCCC=O.CCCCN1CCCC1. The summed E-state index contributed by atoms with van der Waals surface area (Å²) in [5.74, 6) is 0. The predicted molar refractivity (Wildman–Crippen MR) is 66.2 cm³/mol. The van der Waals surface area contributed by atoms with Gasteiger partial charge in [-0.05, 0) is 45.3 Å². The van der Waals surface area contributed by atoms with E-state index >= 15 is 0 Å². The second-order valence-electron chi connectivity index (χ2n) is 4.21. The summed E-state index contributed by atoms with van der Waals surface area (Å²) in [7, 11) is 0. The van der Waals surface area contributed by atoms with Crippen molar-refractivity contribution in [3.8, 4) is 0 Å². The summed E-state index contributed by atoms with van der Waals surface area (Å²) in [4.78, 5) is 12.1. The van der Waals surface area contributed by atoms with Gasteiger partial charge in [0, 0.05) is 6.42 Å². The van der Waals surface area contributed by atoms with Crippen LogP contribution in [0.2, 0.25) is 0 Å². The van der Waals surface area contributed by atoms with Crippen LogP contribution in [0.25, 0.3) is 0 Å². The zero-order valence-corrected chi connectivity index (χ0v) is 10.5. The molecule has 1 rings (SSSR count). The summed E-state index contributed by atoms with van der Waals surface area (Å²) in [5.41, 5.74) is 0. The minimum atomic E-state index is 0.733. The molecule has 0 amide bonds. The first kappa shape index (κ1) is 14.6. The van der Waals surface area contributed by atoms with Crippen LogP contribution in [0.5, 0.6) is 0 Å². The number of aldehydes is 1. The quantitative estimate of drug-likeness (QED) is 0.498. The maximum atomic E-state index is 9.56. The van der Waals surface area contributed by atoms with E-state index in [4.69, 9.17) is 0 Å². The Labute approximate surface area is 95.0 Å². The molecule has 2 nitrogen and oxygen atoms in total. The summed E-state index contributed by atoms with van der Waals surface area (Å²) in [5, 5.41) is 0. The molecule has 0 spiro atoms. The summed E-state index contributed by atoms with van der Waals surface area (Å²) < 4.78 is 0. The van der Waals surface area contributed by atoms with E-state index in [2.05, 4.69) is 18.7 Å². The Bertz CT molecular complexity index is 130. The van der Waals surface area contributed by atoms with Crippen molar-refractivity contribution in [1.29, 1.82) is 0 Å². The van der Waals surface area contributed by atoms with Gasteiger partial charge in [-0.3, -0.25) is 0 Å². The molecule has 0 aromatic carbocycles. The van der Waals surface area contributed by atoms with Gasteiger partial charge >= 0.3 is 0 Å². The van der Waals surface area contributed by atoms with Gasteiger partial charge in [0.15, 0.2) is 0 Å². The number of unbranched alkanes of at least 4 members (excludes halogenated alkanes) is 3. The van der Waals surface area contributed by atoms with Crippen LogP contribution in [0.4, 0.5) is 0 Å².